The summed E-state index contributed by atoms with van der Waals surface area (Å²) < 4.78 is 66.3. The maximum atomic E-state index is 13.1. The van der Waals surface area contributed by atoms with Crippen LogP contribution >= 0.6 is 11.6 Å². The second-order valence-electron chi connectivity index (χ2n) is 7.69. The van der Waals surface area contributed by atoms with Crippen LogP contribution in [0.5, 0.6) is 0 Å². The van der Waals surface area contributed by atoms with Gasteiger partial charge in [-0.05, 0) is 49.1 Å². The molecule has 10 heteroatoms. The van der Waals surface area contributed by atoms with Crippen LogP contribution in [-0.4, -0.2) is 38.3 Å². The van der Waals surface area contributed by atoms with Gasteiger partial charge in [-0.2, -0.15) is 17.5 Å². The van der Waals surface area contributed by atoms with Crippen LogP contribution in [0.15, 0.2) is 47.4 Å². The van der Waals surface area contributed by atoms with Crippen molar-refractivity contribution in [3.05, 3.63) is 58.6 Å². The number of amides is 1. The lowest BCUT2D eigenvalue weighted by Crippen LogP contribution is -2.44. The van der Waals surface area contributed by atoms with Gasteiger partial charge in [0, 0.05) is 31.2 Å². The summed E-state index contributed by atoms with van der Waals surface area (Å²) in [4.78, 5) is 14.3. The minimum Gasteiger partial charge on any atom is -0.312 e. The van der Waals surface area contributed by atoms with Gasteiger partial charge in [0.2, 0.25) is 15.9 Å². The van der Waals surface area contributed by atoms with E-state index < -0.39 is 31.7 Å². The molecule has 0 saturated carbocycles. The van der Waals surface area contributed by atoms with Crippen LogP contribution in [-0.2, 0) is 27.4 Å². The summed E-state index contributed by atoms with van der Waals surface area (Å²) in [7, 11) is -4.13. The summed E-state index contributed by atoms with van der Waals surface area (Å²) in [5.41, 5.74) is 0.815. The average molecular weight is 473 g/mol. The average Bonchev–Trinajstić information content (AvgIpc) is 3.17. The van der Waals surface area contributed by atoms with Gasteiger partial charge in [-0.1, -0.05) is 29.8 Å². The van der Waals surface area contributed by atoms with Crippen molar-refractivity contribution >= 4 is 33.2 Å². The van der Waals surface area contributed by atoms with E-state index in [1.807, 2.05) is 24.3 Å². The highest BCUT2D eigenvalue weighted by Gasteiger charge is 2.38. The van der Waals surface area contributed by atoms with Crippen molar-refractivity contribution in [2.75, 3.05) is 24.5 Å². The van der Waals surface area contributed by atoms with Gasteiger partial charge in [0.15, 0.2) is 0 Å². The van der Waals surface area contributed by atoms with Crippen LogP contribution in [0.1, 0.15) is 24.0 Å². The summed E-state index contributed by atoms with van der Waals surface area (Å²) in [6.07, 6.45) is -3.34. The lowest BCUT2D eigenvalue weighted by molar-refractivity contribution is -0.137. The van der Waals surface area contributed by atoms with Crippen LogP contribution < -0.4 is 4.90 Å². The van der Waals surface area contributed by atoms with Crippen molar-refractivity contribution < 1.29 is 26.4 Å². The normalized spacial score (nSPS) is 18.3. The molecule has 5 nitrogen and oxygen atoms in total. The fourth-order valence-corrected chi connectivity index (χ4v) is 5.88. The van der Waals surface area contributed by atoms with Gasteiger partial charge in [0.1, 0.15) is 0 Å². The molecule has 1 fully saturated rings. The Morgan fingerprint density at radius 1 is 1.03 bits per heavy atom. The predicted molar refractivity (Wildman–Crippen MR) is 110 cm³/mol. The fraction of sp³-hybridized carbons (Fsp3) is 0.381. The number of rotatable bonds is 3. The largest absolute Gasteiger partial charge is 0.417 e. The van der Waals surface area contributed by atoms with E-state index in [4.69, 9.17) is 11.6 Å². The van der Waals surface area contributed by atoms with Gasteiger partial charge in [-0.3, -0.25) is 4.79 Å². The number of halogens is 4. The van der Waals surface area contributed by atoms with Crippen LogP contribution in [0.3, 0.4) is 0 Å². The zero-order valence-corrected chi connectivity index (χ0v) is 18.0. The Labute approximate surface area is 183 Å². The van der Waals surface area contributed by atoms with Crippen LogP contribution in [0.4, 0.5) is 18.9 Å². The molecule has 4 rings (SSSR count). The Morgan fingerprint density at radius 2 is 1.71 bits per heavy atom. The minimum atomic E-state index is -4.76. The maximum absolute atomic E-state index is 13.1. The molecule has 0 unspecified atom stereocenters. The highest BCUT2D eigenvalue weighted by molar-refractivity contribution is 7.89. The summed E-state index contributed by atoms with van der Waals surface area (Å²) >= 11 is 5.60. The van der Waals surface area contributed by atoms with E-state index >= 15 is 0 Å². The van der Waals surface area contributed by atoms with Crippen molar-refractivity contribution in [2.45, 2.75) is 30.3 Å². The molecule has 2 aliphatic rings. The molecule has 0 radical (unpaired) electrons. The lowest BCUT2D eigenvalue weighted by atomic mass is 9.96. The number of carbonyl (C=O) groups is 1. The van der Waals surface area contributed by atoms with Gasteiger partial charge in [0.25, 0.3) is 0 Å². The first-order chi connectivity index (χ1) is 14.6. The molecular weight excluding hydrogens is 453 g/mol. The number of piperidine rings is 1. The third-order valence-electron chi connectivity index (χ3n) is 5.84. The Kier molecular flexibility index (Phi) is 5.78. The molecule has 1 saturated heterocycles. The number of fused-ring (bicyclic) bond motifs is 1. The Hall–Kier alpha value is -2.10. The summed E-state index contributed by atoms with van der Waals surface area (Å²) in [6.45, 7) is 0.734. The van der Waals surface area contributed by atoms with E-state index in [9.17, 15) is 26.4 Å². The molecule has 0 aliphatic carbocycles. The Bertz CT molecular complexity index is 1110. The topological polar surface area (TPSA) is 57.7 Å². The summed E-state index contributed by atoms with van der Waals surface area (Å²) in [6, 6.07) is 10.3. The molecule has 166 valence electrons. The molecule has 2 heterocycles. The number of anilines is 1. The summed E-state index contributed by atoms with van der Waals surface area (Å²) in [5.74, 6) is -0.360. The molecule has 0 bridgehead atoms. The molecule has 31 heavy (non-hydrogen) atoms. The number of sulfonamides is 1. The van der Waals surface area contributed by atoms with Gasteiger partial charge in [-0.25, -0.2) is 8.42 Å². The molecule has 0 atom stereocenters. The van der Waals surface area contributed by atoms with E-state index in [-0.39, 0.29) is 24.9 Å². The predicted octanol–water partition coefficient (Wildman–Crippen LogP) is 4.35. The van der Waals surface area contributed by atoms with Crippen molar-refractivity contribution in [3.63, 3.8) is 0 Å². The third kappa shape index (κ3) is 4.18. The first kappa shape index (κ1) is 22.1. The molecule has 2 aromatic carbocycles. The number of nitrogens with zero attached hydrogens (tertiary/aromatic N) is 2. The second-order valence-corrected chi connectivity index (χ2v) is 10.0. The quantitative estimate of drug-likeness (QED) is 0.667. The number of hydrogen-bond acceptors (Lipinski definition) is 3. The zero-order chi connectivity index (χ0) is 22.4. The summed E-state index contributed by atoms with van der Waals surface area (Å²) in [5, 5.41) is -0.554. The molecule has 0 aromatic heterocycles. The first-order valence-electron chi connectivity index (χ1n) is 9.85. The molecule has 0 N–H and O–H groups in total. The van der Waals surface area contributed by atoms with Gasteiger partial charge in [0.05, 0.1) is 15.5 Å². The SMILES string of the molecule is O=C(C1CCN(S(=O)(=O)c2ccc(Cl)c(C(F)(F)F)c2)CC1)N1CCc2ccccc21. The smallest absolute Gasteiger partial charge is 0.312 e. The number of hydrogen-bond donors (Lipinski definition) is 0. The van der Waals surface area contributed by atoms with Crippen LogP contribution in [0.25, 0.3) is 0 Å². The van der Waals surface area contributed by atoms with Gasteiger partial charge >= 0.3 is 6.18 Å². The number of alkyl halides is 3. The number of para-hydroxylation sites is 1. The van der Waals surface area contributed by atoms with E-state index in [1.54, 1.807) is 4.90 Å². The third-order valence-corrected chi connectivity index (χ3v) is 8.06. The van der Waals surface area contributed by atoms with E-state index in [0.29, 0.717) is 25.5 Å². The number of carbonyl (C=O) groups excluding carboxylic acids is 1. The van der Waals surface area contributed by atoms with Gasteiger partial charge in [-0.15, -0.1) is 0 Å². The molecule has 2 aromatic rings. The van der Waals surface area contributed by atoms with Crippen molar-refractivity contribution in [1.82, 2.24) is 4.31 Å². The molecule has 1 amide bonds. The van der Waals surface area contributed by atoms with E-state index in [0.717, 1.165) is 34.1 Å². The van der Waals surface area contributed by atoms with Crippen molar-refractivity contribution in [3.8, 4) is 0 Å². The molecular formula is C21H20ClF3N2O3S. The first-order valence-corrected chi connectivity index (χ1v) is 11.7. The molecule has 0 spiro atoms. The van der Waals surface area contributed by atoms with Gasteiger partial charge < -0.3 is 4.90 Å². The van der Waals surface area contributed by atoms with Crippen LogP contribution in [0.2, 0.25) is 5.02 Å². The fourth-order valence-electron chi connectivity index (χ4n) is 4.16. The lowest BCUT2D eigenvalue weighted by Gasteiger charge is -2.32. The minimum absolute atomic E-state index is 0.0344. The number of benzene rings is 2. The standard InChI is InChI=1S/C21H20ClF3N2O3S/c22-18-6-5-16(13-17(18)21(23,24)25)31(29,30)26-10-7-15(8-11-26)20(28)27-12-9-14-3-1-2-4-19(14)27/h1-6,13,15H,7-12H2. The van der Waals surface area contributed by atoms with E-state index in [1.165, 1.54) is 0 Å². The van der Waals surface area contributed by atoms with Crippen molar-refractivity contribution in [2.24, 2.45) is 5.92 Å². The van der Waals surface area contributed by atoms with Crippen LogP contribution in [0, 0.1) is 5.92 Å². The Balaban J connectivity index is 1.47. The zero-order valence-electron chi connectivity index (χ0n) is 16.4. The highest BCUT2D eigenvalue weighted by Crippen LogP contribution is 2.37. The van der Waals surface area contributed by atoms with E-state index in [2.05, 4.69) is 0 Å². The molecule has 2 aliphatic heterocycles. The Morgan fingerprint density at radius 3 is 2.39 bits per heavy atom. The van der Waals surface area contributed by atoms with Crippen molar-refractivity contribution in [1.29, 1.82) is 0 Å². The maximum Gasteiger partial charge on any atom is 0.417 e. The monoisotopic (exact) mass is 472 g/mol. The second kappa shape index (κ2) is 8.11. The highest BCUT2D eigenvalue weighted by atomic mass is 35.5.